The topological polar surface area (TPSA) is 0 Å². The van der Waals surface area contributed by atoms with Crippen LogP contribution in [-0.4, -0.2) is 18.7 Å². The molecule has 0 aliphatic rings. The fourth-order valence-corrected chi connectivity index (χ4v) is 2.56. The molecule has 0 saturated heterocycles. The maximum Gasteiger partial charge on any atom is 0.0785 e. The van der Waals surface area contributed by atoms with Gasteiger partial charge in [-0.3, -0.25) is 4.39 Å². The highest BCUT2D eigenvalue weighted by Gasteiger charge is 1.83. The van der Waals surface area contributed by atoms with Crippen molar-refractivity contribution in [2.24, 2.45) is 0 Å². The SMILES string of the molecule is CCCSSCCC.CF. The monoisotopic (exact) mass is 184 g/mol. The van der Waals surface area contributed by atoms with E-state index in [1.54, 1.807) is 0 Å². The number of rotatable bonds is 5. The minimum Gasteiger partial charge on any atom is -0.255 e. The highest BCUT2D eigenvalue weighted by Crippen LogP contribution is 2.21. The van der Waals surface area contributed by atoms with Gasteiger partial charge in [0.1, 0.15) is 0 Å². The minimum absolute atomic E-state index is 0.500. The van der Waals surface area contributed by atoms with Crippen LogP contribution in [0.2, 0.25) is 0 Å². The van der Waals surface area contributed by atoms with E-state index in [1.165, 1.54) is 24.3 Å². The van der Waals surface area contributed by atoms with Crippen molar-refractivity contribution in [1.29, 1.82) is 0 Å². The van der Waals surface area contributed by atoms with Crippen LogP contribution in [0.4, 0.5) is 4.39 Å². The molecule has 0 rings (SSSR count). The zero-order valence-corrected chi connectivity index (χ0v) is 8.66. The summed E-state index contributed by atoms with van der Waals surface area (Å²) in [4.78, 5) is 0. The molecule has 0 bridgehead atoms. The largest absolute Gasteiger partial charge is 0.255 e. The van der Waals surface area contributed by atoms with Crippen molar-refractivity contribution in [2.75, 3.05) is 18.7 Å². The number of alkyl halides is 1. The smallest absolute Gasteiger partial charge is 0.0785 e. The Morgan fingerprint density at radius 3 is 1.40 bits per heavy atom. The Labute approximate surface area is 71.7 Å². The summed E-state index contributed by atoms with van der Waals surface area (Å²) in [7, 11) is 4.49. The lowest BCUT2D eigenvalue weighted by molar-refractivity contribution is 0.636. The molecule has 0 fully saturated rings. The van der Waals surface area contributed by atoms with E-state index >= 15 is 0 Å². The van der Waals surface area contributed by atoms with E-state index in [9.17, 15) is 4.39 Å². The summed E-state index contributed by atoms with van der Waals surface area (Å²) in [5.41, 5.74) is 0. The molecule has 0 N–H and O–H groups in total. The molecule has 0 aliphatic carbocycles. The van der Waals surface area contributed by atoms with Crippen molar-refractivity contribution < 1.29 is 4.39 Å². The quantitative estimate of drug-likeness (QED) is 0.471. The van der Waals surface area contributed by atoms with Crippen LogP contribution in [0.3, 0.4) is 0 Å². The van der Waals surface area contributed by atoms with Crippen molar-refractivity contribution in [2.45, 2.75) is 26.7 Å². The summed E-state index contributed by atoms with van der Waals surface area (Å²) >= 11 is 0. The van der Waals surface area contributed by atoms with E-state index in [-0.39, 0.29) is 0 Å². The van der Waals surface area contributed by atoms with Crippen LogP contribution in [-0.2, 0) is 0 Å². The van der Waals surface area contributed by atoms with Crippen LogP contribution in [0.25, 0.3) is 0 Å². The van der Waals surface area contributed by atoms with Crippen LogP contribution in [0.5, 0.6) is 0 Å². The zero-order valence-electron chi connectivity index (χ0n) is 7.02. The van der Waals surface area contributed by atoms with Crippen LogP contribution >= 0.6 is 21.6 Å². The average Bonchev–Trinajstić information content (AvgIpc) is 2.02. The fourth-order valence-electron chi connectivity index (χ4n) is 0.285. The highest BCUT2D eigenvalue weighted by atomic mass is 33.1. The maximum absolute atomic E-state index is 9.50. The molecule has 0 aromatic heterocycles. The molecule has 0 aromatic carbocycles. The third-order valence-corrected chi connectivity index (χ3v) is 3.47. The number of hydrogen-bond donors (Lipinski definition) is 0. The molecule has 0 aliphatic heterocycles. The Kier molecular flexibility index (Phi) is 21.6. The molecule has 3 heteroatoms. The van der Waals surface area contributed by atoms with E-state index < -0.39 is 0 Å². The van der Waals surface area contributed by atoms with E-state index in [2.05, 4.69) is 13.8 Å². The predicted molar refractivity (Wildman–Crippen MR) is 52.5 cm³/mol. The van der Waals surface area contributed by atoms with Gasteiger partial charge >= 0.3 is 0 Å². The van der Waals surface area contributed by atoms with Crippen molar-refractivity contribution in [3.63, 3.8) is 0 Å². The van der Waals surface area contributed by atoms with Gasteiger partial charge in [0.05, 0.1) is 7.18 Å². The molecule has 0 nitrogen and oxygen atoms in total. The summed E-state index contributed by atoms with van der Waals surface area (Å²) in [6.07, 6.45) is 2.61. The van der Waals surface area contributed by atoms with Crippen LogP contribution in [0.15, 0.2) is 0 Å². The molecule has 0 saturated carbocycles. The molecule has 0 atom stereocenters. The van der Waals surface area contributed by atoms with E-state index in [4.69, 9.17) is 0 Å². The lowest BCUT2D eigenvalue weighted by Crippen LogP contribution is -1.70. The van der Waals surface area contributed by atoms with Gasteiger partial charge in [-0.15, -0.1) is 0 Å². The van der Waals surface area contributed by atoms with Crippen molar-refractivity contribution >= 4 is 21.6 Å². The fraction of sp³-hybridized carbons (Fsp3) is 1.00. The molecule has 0 radical (unpaired) electrons. The molecule has 0 heterocycles. The Balaban J connectivity index is 0. The third-order valence-electron chi connectivity index (χ3n) is 0.658. The summed E-state index contributed by atoms with van der Waals surface area (Å²) < 4.78 is 9.50. The first kappa shape index (κ1) is 13.2. The van der Waals surface area contributed by atoms with E-state index in [0.29, 0.717) is 7.18 Å². The molecule has 0 aromatic rings. The van der Waals surface area contributed by atoms with Gasteiger partial charge in [-0.05, 0) is 12.8 Å². The molecule has 10 heavy (non-hydrogen) atoms. The van der Waals surface area contributed by atoms with Crippen molar-refractivity contribution in [3.8, 4) is 0 Å². The lowest BCUT2D eigenvalue weighted by Gasteiger charge is -1.93. The first-order valence-electron chi connectivity index (χ1n) is 3.54. The summed E-state index contributed by atoms with van der Waals surface area (Å²) in [6, 6.07) is 0. The highest BCUT2D eigenvalue weighted by molar-refractivity contribution is 8.76. The standard InChI is InChI=1S/C6H14S2.CH3F/c1-3-5-7-8-6-4-2;1-2/h3-6H2,1-2H3;1H3. The van der Waals surface area contributed by atoms with Gasteiger partial charge in [-0.1, -0.05) is 35.4 Å². The van der Waals surface area contributed by atoms with E-state index in [0.717, 1.165) is 0 Å². The Bertz CT molecular complexity index is 36.6. The van der Waals surface area contributed by atoms with Gasteiger partial charge < -0.3 is 0 Å². The molecule has 64 valence electrons. The molecular weight excluding hydrogens is 167 g/mol. The zero-order chi connectivity index (χ0) is 8.24. The summed E-state index contributed by atoms with van der Waals surface area (Å²) in [6.45, 7) is 4.44. The predicted octanol–water partition coefficient (Wildman–Crippen LogP) is 3.77. The summed E-state index contributed by atoms with van der Waals surface area (Å²) in [5.74, 6) is 2.62. The van der Waals surface area contributed by atoms with Crippen LogP contribution in [0, 0.1) is 0 Å². The van der Waals surface area contributed by atoms with Gasteiger partial charge in [-0.25, -0.2) is 0 Å². The van der Waals surface area contributed by atoms with E-state index in [1.807, 2.05) is 21.6 Å². The lowest BCUT2D eigenvalue weighted by atomic mass is 10.6. The Morgan fingerprint density at radius 1 is 0.900 bits per heavy atom. The van der Waals surface area contributed by atoms with Gasteiger partial charge in [0.2, 0.25) is 0 Å². The van der Waals surface area contributed by atoms with Crippen LogP contribution in [0.1, 0.15) is 26.7 Å². The maximum atomic E-state index is 9.50. The van der Waals surface area contributed by atoms with Gasteiger partial charge in [-0.2, -0.15) is 0 Å². The second-order valence-corrected chi connectivity index (χ2v) is 4.35. The van der Waals surface area contributed by atoms with Gasteiger partial charge in [0, 0.05) is 11.5 Å². The van der Waals surface area contributed by atoms with Crippen molar-refractivity contribution in [1.82, 2.24) is 0 Å². The van der Waals surface area contributed by atoms with Gasteiger partial charge in [0.15, 0.2) is 0 Å². The van der Waals surface area contributed by atoms with Crippen molar-refractivity contribution in [3.05, 3.63) is 0 Å². The normalized spacial score (nSPS) is 8.40. The minimum atomic E-state index is 0.500. The Hall–Kier alpha value is 0.630. The van der Waals surface area contributed by atoms with Crippen LogP contribution < -0.4 is 0 Å². The second kappa shape index (κ2) is 16.3. The molecule has 0 unspecified atom stereocenters. The summed E-state index contributed by atoms with van der Waals surface area (Å²) in [5, 5.41) is 0. The average molecular weight is 184 g/mol. The molecule has 0 spiro atoms. The molecule has 0 amide bonds. The second-order valence-electron chi connectivity index (χ2n) is 1.64. The number of halogens is 1. The first-order chi connectivity index (χ1) is 4.91. The Morgan fingerprint density at radius 2 is 1.20 bits per heavy atom. The third kappa shape index (κ3) is 15.9. The number of hydrogen-bond acceptors (Lipinski definition) is 2. The van der Waals surface area contributed by atoms with Gasteiger partial charge in [0.25, 0.3) is 0 Å². The first-order valence-corrected chi connectivity index (χ1v) is 6.02. The molecular formula is C7H17FS2.